The Kier molecular flexibility index (Phi) is 5.11. The maximum absolute atomic E-state index is 10.8. The molecule has 6 nitrogen and oxygen atoms in total. The van der Waals surface area contributed by atoms with Crippen molar-refractivity contribution in [1.82, 2.24) is 19.8 Å². The van der Waals surface area contributed by atoms with Crippen molar-refractivity contribution in [2.24, 2.45) is 7.05 Å². The highest BCUT2D eigenvalue weighted by atomic mass is 79.9. The second kappa shape index (κ2) is 5.94. The molecule has 1 aromatic heterocycles. The van der Waals surface area contributed by atoms with Crippen LogP contribution in [0.2, 0.25) is 0 Å². The van der Waals surface area contributed by atoms with Gasteiger partial charge in [0.05, 0.1) is 22.1 Å². The third kappa shape index (κ3) is 4.74. The van der Waals surface area contributed by atoms with E-state index in [1.807, 2.05) is 14.0 Å². The van der Waals surface area contributed by atoms with Crippen molar-refractivity contribution < 1.29 is 8.42 Å². The van der Waals surface area contributed by atoms with Gasteiger partial charge in [0, 0.05) is 26.7 Å². The lowest BCUT2D eigenvalue weighted by Crippen LogP contribution is -2.31. The van der Waals surface area contributed by atoms with E-state index in [0.717, 1.165) is 22.1 Å². The van der Waals surface area contributed by atoms with E-state index in [0.29, 0.717) is 19.6 Å². The van der Waals surface area contributed by atoms with Crippen molar-refractivity contribution in [3.63, 3.8) is 0 Å². The fourth-order valence-corrected chi connectivity index (χ4v) is 2.35. The summed E-state index contributed by atoms with van der Waals surface area (Å²) in [5, 5.41) is 7.42. The lowest BCUT2D eigenvalue weighted by molar-refractivity contribution is 0.577. The molecule has 0 spiro atoms. The fourth-order valence-electron chi connectivity index (χ4n) is 1.40. The smallest absolute Gasteiger partial charge is 0.208 e. The number of nitrogens with zero attached hydrogens (tertiary/aromatic N) is 2. The number of rotatable bonds is 6. The number of hydrogen-bond acceptors (Lipinski definition) is 4. The minimum atomic E-state index is -3.10. The Morgan fingerprint density at radius 2 is 2.06 bits per heavy atom. The summed E-state index contributed by atoms with van der Waals surface area (Å²) < 4.78 is 26.8. The molecule has 1 heterocycles. The molecule has 0 unspecified atom stereocenters. The number of hydrogen-bond donors (Lipinski definition) is 2. The van der Waals surface area contributed by atoms with E-state index in [9.17, 15) is 8.42 Å². The van der Waals surface area contributed by atoms with Gasteiger partial charge < -0.3 is 5.32 Å². The van der Waals surface area contributed by atoms with Crippen LogP contribution >= 0.6 is 15.9 Å². The Labute approximate surface area is 110 Å². The summed E-state index contributed by atoms with van der Waals surface area (Å²) in [6.07, 6.45) is 1.15. The van der Waals surface area contributed by atoms with Gasteiger partial charge >= 0.3 is 0 Å². The number of aromatic nitrogens is 2. The third-order valence-corrected chi connectivity index (χ3v) is 3.98. The number of aryl methyl sites for hydroxylation is 2. The minimum absolute atomic E-state index is 0.382. The minimum Gasteiger partial charge on any atom is -0.310 e. The number of nitrogens with one attached hydrogen (secondary N) is 2. The number of sulfonamides is 1. The summed E-state index contributed by atoms with van der Waals surface area (Å²) in [6, 6.07) is 0. The molecule has 1 aromatic rings. The molecular weight excluding hydrogens is 308 g/mol. The zero-order valence-corrected chi connectivity index (χ0v) is 12.5. The van der Waals surface area contributed by atoms with Crippen LogP contribution < -0.4 is 10.0 Å². The molecule has 0 saturated carbocycles. The summed E-state index contributed by atoms with van der Waals surface area (Å²) >= 11 is 3.47. The van der Waals surface area contributed by atoms with Crippen LogP contribution in [0.4, 0.5) is 0 Å². The maximum atomic E-state index is 10.8. The van der Waals surface area contributed by atoms with E-state index in [4.69, 9.17) is 0 Å². The molecule has 0 aliphatic rings. The Bertz CT molecular complexity index is 483. The Morgan fingerprint density at radius 3 is 2.53 bits per heavy atom. The number of halogens is 1. The molecule has 0 radical (unpaired) electrons. The van der Waals surface area contributed by atoms with Gasteiger partial charge in [-0.3, -0.25) is 4.68 Å². The third-order valence-electron chi connectivity index (χ3n) is 2.22. The van der Waals surface area contributed by atoms with Gasteiger partial charge in [0.1, 0.15) is 0 Å². The van der Waals surface area contributed by atoms with Gasteiger partial charge in [-0.2, -0.15) is 5.10 Å². The molecule has 0 aromatic carbocycles. The van der Waals surface area contributed by atoms with Gasteiger partial charge in [-0.1, -0.05) is 0 Å². The zero-order chi connectivity index (χ0) is 13.1. The Morgan fingerprint density at radius 1 is 1.41 bits per heavy atom. The normalized spacial score (nSPS) is 12.0. The SMILES string of the molecule is Cc1nn(C)c(CNCCNS(C)(=O)=O)c1Br. The van der Waals surface area contributed by atoms with Crippen LogP contribution in [0, 0.1) is 6.92 Å². The molecule has 0 aliphatic heterocycles. The molecule has 0 atom stereocenters. The molecule has 98 valence electrons. The van der Waals surface area contributed by atoms with Gasteiger partial charge in [-0.25, -0.2) is 13.1 Å². The highest BCUT2D eigenvalue weighted by molar-refractivity contribution is 9.10. The molecule has 0 saturated heterocycles. The van der Waals surface area contributed by atoms with Crippen molar-refractivity contribution in [1.29, 1.82) is 0 Å². The van der Waals surface area contributed by atoms with Gasteiger partial charge in [0.15, 0.2) is 0 Å². The van der Waals surface area contributed by atoms with Crippen LogP contribution in [0.1, 0.15) is 11.4 Å². The molecule has 0 fully saturated rings. The van der Waals surface area contributed by atoms with Crippen LogP contribution in [0.3, 0.4) is 0 Å². The van der Waals surface area contributed by atoms with E-state index in [-0.39, 0.29) is 0 Å². The molecule has 2 N–H and O–H groups in total. The molecular formula is C9H17BrN4O2S. The molecule has 0 amide bonds. The van der Waals surface area contributed by atoms with Crippen molar-refractivity contribution >= 4 is 26.0 Å². The Hall–Kier alpha value is -0.440. The van der Waals surface area contributed by atoms with Crippen molar-refractivity contribution in [2.45, 2.75) is 13.5 Å². The lowest BCUT2D eigenvalue weighted by Gasteiger charge is -2.06. The van der Waals surface area contributed by atoms with Gasteiger partial charge in [-0.15, -0.1) is 0 Å². The second-order valence-electron chi connectivity index (χ2n) is 3.81. The first-order chi connectivity index (χ1) is 7.81. The summed E-state index contributed by atoms with van der Waals surface area (Å²) in [4.78, 5) is 0. The average molecular weight is 325 g/mol. The van der Waals surface area contributed by atoms with E-state index in [1.165, 1.54) is 0 Å². The monoisotopic (exact) mass is 324 g/mol. The Balaban J connectivity index is 2.37. The first kappa shape index (κ1) is 14.6. The predicted molar refractivity (Wildman–Crippen MR) is 70.2 cm³/mol. The van der Waals surface area contributed by atoms with Crippen LogP contribution in [0.5, 0.6) is 0 Å². The van der Waals surface area contributed by atoms with Crippen LogP contribution in [0.25, 0.3) is 0 Å². The predicted octanol–water partition coefficient (Wildman–Crippen LogP) is 0.130. The molecule has 17 heavy (non-hydrogen) atoms. The highest BCUT2D eigenvalue weighted by Crippen LogP contribution is 2.19. The van der Waals surface area contributed by atoms with Crippen LogP contribution in [-0.4, -0.2) is 37.5 Å². The summed E-state index contributed by atoms with van der Waals surface area (Å²) in [5.41, 5.74) is 1.99. The quantitative estimate of drug-likeness (QED) is 0.729. The zero-order valence-electron chi connectivity index (χ0n) is 10.1. The van der Waals surface area contributed by atoms with E-state index in [1.54, 1.807) is 4.68 Å². The van der Waals surface area contributed by atoms with E-state index < -0.39 is 10.0 Å². The first-order valence-electron chi connectivity index (χ1n) is 5.14. The topological polar surface area (TPSA) is 76.0 Å². The second-order valence-corrected chi connectivity index (χ2v) is 6.44. The van der Waals surface area contributed by atoms with Crippen molar-refractivity contribution in [2.75, 3.05) is 19.3 Å². The van der Waals surface area contributed by atoms with Gasteiger partial charge in [0.25, 0.3) is 0 Å². The van der Waals surface area contributed by atoms with Crippen molar-refractivity contribution in [3.05, 3.63) is 15.9 Å². The first-order valence-corrected chi connectivity index (χ1v) is 7.83. The van der Waals surface area contributed by atoms with Gasteiger partial charge in [-0.05, 0) is 22.9 Å². The lowest BCUT2D eigenvalue weighted by atomic mass is 10.3. The molecule has 8 heteroatoms. The summed E-state index contributed by atoms with van der Waals surface area (Å²) in [6.45, 7) is 3.53. The standard InChI is InChI=1S/C9H17BrN4O2S/c1-7-9(10)8(14(2)13-7)6-11-4-5-12-17(3,15)16/h11-12H,4-6H2,1-3H3. The largest absolute Gasteiger partial charge is 0.310 e. The summed E-state index contributed by atoms with van der Waals surface area (Å²) in [5.74, 6) is 0. The fraction of sp³-hybridized carbons (Fsp3) is 0.667. The summed E-state index contributed by atoms with van der Waals surface area (Å²) in [7, 11) is -1.22. The van der Waals surface area contributed by atoms with Crippen LogP contribution in [-0.2, 0) is 23.6 Å². The van der Waals surface area contributed by atoms with Crippen LogP contribution in [0.15, 0.2) is 4.47 Å². The maximum Gasteiger partial charge on any atom is 0.208 e. The molecule has 0 aliphatic carbocycles. The molecule has 1 rings (SSSR count). The van der Waals surface area contributed by atoms with Crippen molar-refractivity contribution in [3.8, 4) is 0 Å². The van der Waals surface area contributed by atoms with E-state index >= 15 is 0 Å². The highest BCUT2D eigenvalue weighted by Gasteiger charge is 2.09. The van der Waals surface area contributed by atoms with Gasteiger partial charge in [0.2, 0.25) is 10.0 Å². The average Bonchev–Trinajstić information content (AvgIpc) is 2.42. The molecule has 0 bridgehead atoms. The van der Waals surface area contributed by atoms with E-state index in [2.05, 4.69) is 31.1 Å².